The van der Waals surface area contributed by atoms with E-state index in [0.717, 1.165) is 0 Å². The highest BCUT2D eigenvalue weighted by molar-refractivity contribution is 9.10. The zero-order valence-electron chi connectivity index (χ0n) is 10.2. The Morgan fingerprint density at radius 3 is 2.71 bits per heavy atom. The second-order valence-corrected chi connectivity index (χ2v) is 5.02. The van der Waals surface area contributed by atoms with Crippen molar-refractivity contribution in [3.8, 4) is 0 Å². The Hall–Kier alpha value is -2.55. The van der Waals surface area contributed by atoms with Gasteiger partial charge in [0.2, 0.25) is 5.52 Å². The van der Waals surface area contributed by atoms with Gasteiger partial charge in [-0.1, -0.05) is 15.9 Å². The third-order valence-electron chi connectivity index (χ3n) is 2.78. The van der Waals surface area contributed by atoms with E-state index in [1.807, 2.05) is 0 Å². The molecule has 0 unspecified atom stereocenters. The molecule has 0 aliphatic carbocycles. The van der Waals surface area contributed by atoms with Gasteiger partial charge in [-0.25, -0.2) is 9.02 Å². The van der Waals surface area contributed by atoms with Crippen molar-refractivity contribution < 1.29 is 13.9 Å². The average molecular weight is 353 g/mol. The Labute approximate surface area is 125 Å². The first-order valence-electron chi connectivity index (χ1n) is 5.68. The highest BCUT2D eigenvalue weighted by atomic mass is 79.9. The highest BCUT2D eigenvalue weighted by Crippen LogP contribution is 2.34. The van der Waals surface area contributed by atoms with Gasteiger partial charge in [0.25, 0.3) is 0 Å². The van der Waals surface area contributed by atoms with Crippen LogP contribution in [0.3, 0.4) is 0 Å². The number of nitrogens with one attached hydrogen (secondary N) is 1. The first-order chi connectivity index (χ1) is 10.1. The fourth-order valence-electron chi connectivity index (χ4n) is 1.86. The van der Waals surface area contributed by atoms with Gasteiger partial charge in [-0.3, -0.25) is 10.1 Å². The number of hydrogen-bond acceptors (Lipinski definition) is 6. The topological polar surface area (TPSA) is 94.1 Å². The lowest BCUT2D eigenvalue weighted by Gasteiger charge is -2.08. The zero-order valence-corrected chi connectivity index (χ0v) is 11.8. The largest absolute Gasteiger partial charge is 0.347 e. The minimum absolute atomic E-state index is 0.00233. The normalized spacial score (nSPS) is 10.8. The Kier molecular flexibility index (Phi) is 3.26. The number of benzene rings is 2. The van der Waals surface area contributed by atoms with Gasteiger partial charge in [0, 0.05) is 4.47 Å². The summed E-state index contributed by atoms with van der Waals surface area (Å²) in [6, 6.07) is 7.26. The smallest absolute Gasteiger partial charge is 0.323 e. The van der Waals surface area contributed by atoms with E-state index < -0.39 is 10.7 Å². The maximum atomic E-state index is 13.8. The molecular formula is C12H6BrFN4O3. The summed E-state index contributed by atoms with van der Waals surface area (Å²) in [4.78, 5) is 10.6. The minimum Gasteiger partial charge on any atom is -0.347 e. The van der Waals surface area contributed by atoms with Gasteiger partial charge in [0.05, 0.1) is 10.6 Å². The molecule has 0 saturated heterocycles. The van der Waals surface area contributed by atoms with Crippen LogP contribution in [-0.4, -0.2) is 15.2 Å². The minimum atomic E-state index is -0.619. The number of rotatable bonds is 3. The van der Waals surface area contributed by atoms with Gasteiger partial charge in [0.1, 0.15) is 17.0 Å². The summed E-state index contributed by atoms with van der Waals surface area (Å²) in [7, 11) is 0. The number of nitrogens with zero attached hydrogens (tertiary/aromatic N) is 3. The van der Waals surface area contributed by atoms with Crippen molar-refractivity contribution in [3.63, 3.8) is 0 Å². The van der Waals surface area contributed by atoms with Crippen molar-refractivity contribution in [1.82, 2.24) is 10.3 Å². The third-order valence-corrected chi connectivity index (χ3v) is 3.28. The van der Waals surface area contributed by atoms with E-state index in [1.54, 1.807) is 6.07 Å². The summed E-state index contributed by atoms with van der Waals surface area (Å²) < 4.78 is 18.9. The van der Waals surface area contributed by atoms with Crippen LogP contribution in [0.1, 0.15) is 0 Å². The van der Waals surface area contributed by atoms with E-state index in [0.29, 0.717) is 4.47 Å². The molecule has 1 heterocycles. The van der Waals surface area contributed by atoms with Gasteiger partial charge in [0.15, 0.2) is 0 Å². The van der Waals surface area contributed by atoms with Gasteiger partial charge in [-0.2, -0.15) is 0 Å². The van der Waals surface area contributed by atoms with Crippen LogP contribution in [0.15, 0.2) is 39.4 Å². The predicted octanol–water partition coefficient (Wildman–Crippen LogP) is 3.78. The van der Waals surface area contributed by atoms with Crippen LogP contribution in [0.2, 0.25) is 0 Å². The Morgan fingerprint density at radius 1 is 1.24 bits per heavy atom. The lowest BCUT2D eigenvalue weighted by molar-refractivity contribution is -0.382. The maximum absolute atomic E-state index is 13.8. The van der Waals surface area contributed by atoms with E-state index >= 15 is 0 Å². The van der Waals surface area contributed by atoms with Gasteiger partial charge in [-0.15, -0.1) is 0 Å². The molecule has 0 aliphatic rings. The van der Waals surface area contributed by atoms with E-state index in [9.17, 15) is 14.5 Å². The number of aromatic nitrogens is 2. The van der Waals surface area contributed by atoms with Gasteiger partial charge < -0.3 is 5.32 Å². The lowest BCUT2D eigenvalue weighted by Crippen LogP contribution is -1.99. The molecule has 0 spiro atoms. The van der Waals surface area contributed by atoms with E-state index in [4.69, 9.17) is 0 Å². The Morgan fingerprint density at radius 2 is 2.00 bits per heavy atom. The molecule has 2 aromatic carbocycles. The maximum Gasteiger partial charge on any atom is 0.323 e. The monoisotopic (exact) mass is 352 g/mol. The first kappa shape index (κ1) is 13.4. The number of anilines is 2. The van der Waals surface area contributed by atoms with Crippen LogP contribution >= 0.6 is 15.9 Å². The molecule has 0 bridgehead atoms. The Balaban J connectivity index is 2.11. The van der Waals surface area contributed by atoms with E-state index in [2.05, 4.69) is 36.2 Å². The first-order valence-corrected chi connectivity index (χ1v) is 6.47. The van der Waals surface area contributed by atoms with E-state index in [-0.39, 0.29) is 28.1 Å². The van der Waals surface area contributed by atoms with Crippen LogP contribution in [-0.2, 0) is 0 Å². The number of hydrogen-bond donors (Lipinski definition) is 1. The summed E-state index contributed by atoms with van der Waals surface area (Å²) in [5.74, 6) is -0.544. The summed E-state index contributed by atoms with van der Waals surface area (Å²) in [5.41, 5.74) is 0.142. The second kappa shape index (κ2) is 5.09. The second-order valence-electron chi connectivity index (χ2n) is 4.10. The molecule has 21 heavy (non-hydrogen) atoms. The molecule has 106 valence electrons. The molecule has 1 aromatic heterocycles. The fraction of sp³-hybridized carbons (Fsp3) is 0. The van der Waals surface area contributed by atoms with Crippen molar-refractivity contribution in [2.24, 2.45) is 0 Å². The van der Waals surface area contributed by atoms with E-state index in [1.165, 1.54) is 24.3 Å². The van der Waals surface area contributed by atoms with Crippen molar-refractivity contribution in [2.75, 3.05) is 5.32 Å². The summed E-state index contributed by atoms with van der Waals surface area (Å²) in [6.07, 6.45) is 0. The Bertz CT molecular complexity index is 852. The average Bonchev–Trinajstić information content (AvgIpc) is 2.89. The molecule has 1 N–H and O–H groups in total. The van der Waals surface area contributed by atoms with Gasteiger partial charge in [-0.05, 0) is 40.6 Å². The lowest BCUT2D eigenvalue weighted by atomic mass is 10.2. The summed E-state index contributed by atoms with van der Waals surface area (Å²) in [5, 5.41) is 21.0. The zero-order chi connectivity index (χ0) is 15.0. The van der Waals surface area contributed by atoms with Crippen LogP contribution < -0.4 is 5.32 Å². The molecule has 3 aromatic rings. The van der Waals surface area contributed by atoms with Crippen LogP contribution in [0.25, 0.3) is 11.0 Å². The predicted molar refractivity (Wildman–Crippen MR) is 75.8 cm³/mol. The molecule has 7 nitrogen and oxygen atoms in total. The molecule has 3 rings (SSSR count). The van der Waals surface area contributed by atoms with Crippen molar-refractivity contribution >= 4 is 44.0 Å². The number of fused-ring (bicyclic) bond motifs is 1. The highest BCUT2D eigenvalue weighted by Gasteiger charge is 2.23. The van der Waals surface area contributed by atoms with Crippen molar-refractivity contribution in [3.05, 3.63) is 50.7 Å². The molecular weight excluding hydrogens is 347 g/mol. The molecule has 0 saturated carbocycles. The summed E-state index contributed by atoms with van der Waals surface area (Å²) in [6.45, 7) is 0. The molecule has 9 heteroatoms. The van der Waals surface area contributed by atoms with Crippen LogP contribution in [0, 0.1) is 15.9 Å². The SMILES string of the molecule is O=[N+]([O-])c1c(Nc2ccc(Br)cc2F)ccc2nonc12. The van der Waals surface area contributed by atoms with Crippen LogP contribution in [0.4, 0.5) is 21.5 Å². The number of nitro benzene ring substituents is 1. The fourth-order valence-corrected chi connectivity index (χ4v) is 2.19. The molecule has 0 fully saturated rings. The van der Waals surface area contributed by atoms with Crippen LogP contribution in [0.5, 0.6) is 0 Å². The third kappa shape index (κ3) is 2.42. The summed E-state index contributed by atoms with van der Waals surface area (Å²) >= 11 is 3.14. The molecule has 0 aliphatic heterocycles. The van der Waals surface area contributed by atoms with Gasteiger partial charge >= 0.3 is 5.69 Å². The molecule has 0 amide bonds. The van der Waals surface area contributed by atoms with Crippen molar-refractivity contribution in [2.45, 2.75) is 0 Å². The number of nitro groups is 1. The standard InChI is InChI=1S/C12H6BrFN4O3/c13-6-1-2-8(7(14)5-6)15-10-4-3-9-11(17-21-16-9)12(10)18(19)20/h1-5,15H. The quantitative estimate of drug-likeness (QED) is 0.569. The van der Waals surface area contributed by atoms with Crippen molar-refractivity contribution in [1.29, 1.82) is 0 Å². The molecule has 0 radical (unpaired) electrons. The number of halogens is 2. The molecule has 0 atom stereocenters.